The zero-order valence-electron chi connectivity index (χ0n) is 11.8. The minimum absolute atomic E-state index is 0.00655. The zero-order chi connectivity index (χ0) is 15.8. The van der Waals surface area contributed by atoms with Gasteiger partial charge >= 0.3 is 5.97 Å². The molecule has 1 heterocycles. The molecular weight excluding hydrogens is 358 g/mol. The van der Waals surface area contributed by atoms with Crippen molar-refractivity contribution in [1.82, 2.24) is 4.31 Å². The summed E-state index contributed by atoms with van der Waals surface area (Å²) in [6, 6.07) is 2.69. The maximum Gasteiger partial charge on any atom is 0.336 e. The smallest absolute Gasteiger partial charge is 0.336 e. The van der Waals surface area contributed by atoms with Crippen LogP contribution in [-0.2, 0) is 10.0 Å². The summed E-state index contributed by atoms with van der Waals surface area (Å²) in [7, 11) is -3.69. The van der Waals surface area contributed by atoms with E-state index in [1.165, 1.54) is 16.4 Å². The standard InChI is InChI=1S/C14H16BrNO4S/c1-9-4-3-5-16(8-9)21(19,20)11-6-12(14(17)18)10(2)13(15)7-11/h4,6-7H,3,5,8H2,1-2H3,(H,17,18). The minimum atomic E-state index is -3.69. The van der Waals surface area contributed by atoms with Gasteiger partial charge in [0, 0.05) is 17.6 Å². The predicted octanol–water partition coefficient (Wildman–Crippen LogP) is 2.80. The van der Waals surface area contributed by atoms with Gasteiger partial charge in [-0.05, 0) is 38.0 Å². The van der Waals surface area contributed by atoms with Crippen LogP contribution in [0.1, 0.15) is 29.3 Å². The number of nitrogens with zero attached hydrogens (tertiary/aromatic N) is 1. The van der Waals surface area contributed by atoms with E-state index in [0.717, 1.165) is 5.57 Å². The lowest BCUT2D eigenvalue weighted by atomic mass is 10.1. The zero-order valence-corrected chi connectivity index (χ0v) is 14.2. The molecule has 7 heteroatoms. The summed E-state index contributed by atoms with van der Waals surface area (Å²) in [5.74, 6) is -1.14. The highest BCUT2D eigenvalue weighted by molar-refractivity contribution is 9.10. The number of hydrogen-bond acceptors (Lipinski definition) is 3. The molecule has 21 heavy (non-hydrogen) atoms. The third-order valence-electron chi connectivity index (χ3n) is 3.48. The molecule has 0 saturated heterocycles. The topological polar surface area (TPSA) is 74.7 Å². The molecule has 1 N–H and O–H groups in total. The molecule has 1 aromatic rings. The third-order valence-corrected chi connectivity index (χ3v) is 6.13. The summed E-state index contributed by atoms with van der Waals surface area (Å²) in [5.41, 5.74) is 1.50. The molecule has 1 aliphatic heterocycles. The monoisotopic (exact) mass is 373 g/mol. The fourth-order valence-corrected chi connectivity index (χ4v) is 4.42. The number of benzene rings is 1. The van der Waals surface area contributed by atoms with Gasteiger partial charge in [0.05, 0.1) is 10.5 Å². The summed E-state index contributed by atoms with van der Waals surface area (Å²) in [6.45, 7) is 4.27. The van der Waals surface area contributed by atoms with Gasteiger partial charge in [-0.15, -0.1) is 0 Å². The maximum absolute atomic E-state index is 12.7. The van der Waals surface area contributed by atoms with E-state index >= 15 is 0 Å². The molecule has 0 fully saturated rings. The van der Waals surface area contributed by atoms with Crippen molar-refractivity contribution in [3.05, 3.63) is 39.4 Å². The summed E-state index contributed by atoms with van der Waals surface area (Å²) in [4.78, 5) is 11.2. The van der Waals surface area contributed by atoms with Crippen molar-refractivity contribution >= 4 is 31.9 Å². The lowest BCUT2D eigenvalue weighted by Crippen LogP contribution is -2.35. The molecule has 0 aromatic heterocycles. The fourth-order valence-electron chi connectivity index (χ4n) is 2.26. The predicted molar refractivity (Wildman–Crippen MR) is 83.0 cm³/mol. The van der Waals surface area contributed by atoms with E-state index in [2.05, 4.69) is 15.9 Å². The molecule has 1 aliphatic rings. The van der Waals surface area contributed by atoms with Crippen molar-refractivity contribution in [3.8, 4) is 0 Å². The number of hydrogen-bond donors (Lipinski definition) is 1. The molecule has 114 valence electrons. The minimum Gasteiger partial charge on any atom is -0.478 e. The number of aromatic carboxylic acids is 1. The molecule has 5 nitrogen and oxygen atoms in total. The lowest BCUT2D eigenvalue weighted by molar-refractivity contribution is 0.0695. The summed E-state index contributed by atoms with van der Waals surface area (Å²) >= 11 is 3.24. The second kappa shape index (κ2) is 5.90. The lowest BCUT2D eigenvalue weighted by Gasteiger charge is -2.25. The second-order valence-electron chi connectivity index (χ2n) is 5.06. The first-order valence-electron chi connectivity index (χ1n) is 6.42. The molecule has 0 aliphatic carbocycles. The molecule has 0 amide bonds. The summed E-state index contributed by atoms with van der Waals surface area (Å²) in [6.07, 6.45) is 2.68. The number of carboxylic acids is 1. The van der Waals surface area contributed by atoms with E-state index in [9.17, 15) is 18.3 Å². The van der Waals surface area contributed by atoms with Crippen LogP contribution in [0, 0.1) is 6.92 Å². The maximum atomic E-state index is 12.7. The van der Waals surface area contributed by atoms with Crippen molar-refractivity contribution in [2.24, 2.45) is 0 Å². The average molecular weight is 374 g/mol. The van der Waals surface area contributed by atoms with E-state index in [0.29, 0.717) is 29.5 Å². The van der Waals surface area contributed by atoms with Gasteiger partial charge in [-0.25, -0.2) is 13.2 Å². The van der Waals surface area contributed by atoms with Crippen LogP contribution in [0.5, 0.6) is 0 Å². The molecular formula is C14H16BrNO4S. The fraction of sp³-hybridized carbons (Fsp3) is 0.357. The van der Waals surface area contributed by atoms with E-state index < -0.39 is 16.0 Å². The molecule has 0 atom stereocenters. The van der Waals surface area contributed by atoms with Gasteiger partial charge in [0.25, 0.3) is 0 Å². The van der Waals surface area contributed by atoms with Gasteiger partial charge in [-0.2, -0.15) is 4.31 Å². The molecule has 0 radical (unpaired) electrons. The largest absolute Gasteiger partial charge is 0.478 e. The van der Waals surface area contributed by atoms with E-state index in [1.54, 1.807) is 6.92 Å². The van der Waals surface area contributed by atoms with Crippen LogP contribution in [0.25, 0.3) is 0 Å². The highest BCUT2D eigenvalue weighted by Crippen LogP contribution is 2.28. The van der Waals surface area contributed by atoms with Gasteiger partial charge in [-0.3, -0.25) is 0 Å². The quantitative estimate of drug-likeness (QED) is 0.826. The Morgan fingerprint density at radius 2 is 2.00 bits per heavy atom. The van der Waals surface area contributed by atoms with E-state index in [-0.39, 0.29) is 10.5 Å². The summed E-state index contributed by atoms with van der Waals surface area (Å²) in [5, 5.41) is 9.19. The van der Waals surface area contributed by atoms with Gasteiger partial charge in [-0.1, -0.05) is 27.6 Å². The van der Waals surface area contributed by atoms with Crippen LogP contribution in [0.15, 0.2) is 33.2 Å². The molecule has 0 saturated carbocycles. The number of rotatable bonds is 3. The highest BCUT2D eigenvalue weighted by atomic mass is 79.9. The second-order valence-corrected chi connectivity index (χ2v) is 7.85. The Bertz CT molecular complexity index is 725. The Balaban J connectivity index is 2.50. The first-order chi connectivity index (χ1) is 9.73. The van der Waals surface area contributed by atoms with Crippen LogP contribution in [0.2, 0.25) is 0 Å². The third kappa shape index (κ3) is 3.20. The molecule has 0 unspecified atom stereocenters. The summed E-state index contributed by atoms with van der Waals surface area (Å²) < 4.78 is 27.2. The van der Waals surface area contributed by atoms with Gasteiger partial charge in [0.2, 0.25) is 10.0 Å². The van der Waals surface area contributed by atoms with Crippen LogP contribution in [0.3, 0.4) is 0 Å². The van der Waals surface area contributed by atoms with Crippen molar-refractivity contribution in [3.63, 3.8) is 0 Å². The Morgan fingerprint density at radius 3 is 2.57 bits per heavy atom. The molecule has 0 bridgehead atoms. The number of sulfonamides is 1. The van der Waals surface area contributed by atoms with Crippen molar-refractivity contribution in [2.45, 2.75) is 25.2 Å². The van der Waals surface area contributed by atoms with Crippen molar-refractivity contribution < 1.29 is 18.3 Å². The average Bonchev–Trinajstić information content (AvgIpc) is 2.41. The van der Waals surface area contributed by atoms with Gasteiger partial charge in [0.15, 0.2) is 0 Å². The Hall–Kier alpha value is -1.18. The van der Waals surface area contributed by atoms with Crippen molar-refractivity contribution in [2.75, 3.05) is 13.1 Å². The van der Waals surface area contributed by atoms with Crippen LogP contribution >= 0.6 is 15.9 Å². The first-order valence-corrected chi connectivity index (χ1v) is 8.66. The molecule has 2 rings (SSSR count). The molecule has 0 spiro atoms. The van der Waals surface area contributed by atoms with Gasteiger partial charge in [0.1, 0.15) is 0 Å². The highest BCUT2D eigenvalue weighted by Gasteiger charge is 2.28. The number of carboxylic acid groups (broad SMARTS) is 1. The van der Waals surface area contributed by atoms with Gasteiger partial charge < -0.3 is 5.11 Å². The Kier molecular flexibility index (Phi) is 4.55. The number of halogens is 1. The Labute approximate surface area is 132 Å². The van der Waals surface area contributed by atoms with Crippen molar-refractivity contribution in [1.29, 1.82) is 0 Å². The van der Waals surface area contributed by atoms with E-state index in [1.807, 2.05) is 13.0 Å². The number of carbonyl (C=O) groups is 1. The molecule has 1 aromatic carbocycles. The normalized spacial score (nSPS) is 16.6. The Morgan fingerprint density at radius 1 is 1.33 bits per heavy atom. The SMILES string of the molecule is CC1=CCCN(S(=O)(=O)c2cc(Br)c(C)c(C(=O)O)c2)C1. The van der Waals surface area contributed by atoms with Crippen LogP contribution in [0.4, 0.5) is 0 Å². The van der Waals surface area contributed by atoms with Crippen LogP contribution < -0.4 is 0 Å². The van der Waals surface area contributed by atoms with E-state index in [4.69, 9.17) is 0 Å². The first kappa shape index (κ1) is 16.2. The van der Waals surface area contributed by atoms with Crippen LogP contribution in [-0.4, -0.2) is 36.9 Å².